The Morgan fingerprint density at radius 2 is 1.81 bits per heavy atom. The van der Waals surface area contributed by atoms with Gasteiger partial charge in [0.05, 0.1) is 18.4 Å². The summed E-state index contributed by atoms with van der Waals surface area (Å²) in [7, 11) is 0. The highest BCUT2D eigenvalue weighted by Gasteiger charge is 2.10. The maximum Gasteiger partial charge on any atom is 0.333 e. The molecular formula is C19H14F2N4O. The lowest BCUT2D eigenvalue weighted by molar-refractivity contribution is 0.564. The minimum Gasteiger partial charge on any atom is -0.294 e. The summed E-state index contributed by atoms with van der Waals surface area (Å²) in [6, 6.07) is 10.8. The Morgan fingerprint density at radius 3 is 2.50 bits per heavy atom. The van der Waals surface area contributed by atoms with Gasteiger partial charge in [0.25, 0.3) is 0 Å². The van der Waals surface area contributed by atoms with Crippen LogP contribution in [0.3, 0.4) is 0 Å². The molecule has 5 nitrogen and oxygen atoms in total. The Hall–Kier alpha value is -3.48. The van der Waals surface area contributed by atoms with Gasteiger partial charge >= 0.3 is 5.69 Å². The molecule has 0 amide bonds. The summed E-state index contributed by atoms with van der Waals surface area (Å²) >= 11 is 0. The lowest BCUT2D eigenvalue weighted by Crippen LogP contribution is -2.23. The molecule has 0 aliphatic rings. The van der Waals surface area contributed by atoms with Crippen LogP contribution in [0.15, 0.2) is 72.0 Å². The highest BCUT2D eigenvalue weighted by Crippen LogP contribution is 2.19. The van der Waals surface area contributed by atoms with Gasteiger partial charge in [-0.05, 0) is 23.8 Å². The topological polar surface area (TPSA) is 55.6 Å². The number of hydrogen-bond donors (Lipinski definition) is 1. The summed E-state index contributed by atoms with van der Waals surface area (Å²) in [4.78, 5) is 12.6. The van der Waals surface area contributed by atoms with Crippen molar-refractivity contribution in [2.45, 2.75) is 6.54 Å². The Bertz CT molecular complexity index is 1100. The summed E-state index contributed by atoms with van der Waals surface area (Å²) in [5.74, 6) is -1.32. The minimum absolute atomic E-state index is 0.0328. The van der Waals surface area contributed by atoms with Gasteiger partial charge in [0, 0.05) is 35.8 Å². The van der Waals surface area contributed by atoms with E-state index in [9.17, 15) is 13.6 Å². The molecule has 0 bridgehead atoms. The third-order valence-electron chi connectivity index (χ3n) is 4.18. The summed E-state index contributed by atoms with van der Waals surface area (Å²) in [5.41, 5.74) is 2.57. The maximum absolute atomic E-state index is 13.8. The SMILES string of the molecule is O=c1n(Cc2ccc(F)cc2F)ccn1-c1ccc(-c2cn[nH]c2)cc1. The first-order chi connectivity index (χ1) is 12.6. The fourth-order valence-corrected chi connectivity index (χ4v) is 2.79. The molecule has 1 N–H and O–H groups in total. The number of aromatic amines is 1. The zero-order valence-electron chi connectivity index (χ0n) is 13.6. The predicted octanol–water partition coefficient (Wildman–Crippen LogP) is 3.36. The van der Waals surface area contributed by atoms with E-state index in [1.54, 1.807) is 24.8 Å². The van der Waals surface area contributed by atoms with E-state index in [0.29, 0.717) is 5.69 Å². The van der Waals surface area contributed by atoms with Crippen LogP contribution < -0.4 is 5.69 Å². The van der Waals surface area contributed by atoms with Crippen LogP contribution in [-0.2, 0) is 6.54 Å². The van der Waals surface area contributed by atoms with Crippen LogP contribution in [-0.4, -0.2) is 19.3 Å². The van der Waals surface area contributed by atoms with Crippen LogP contribution >= 0.6 is 0 Å². The quantitative estimate of drug-likeness (QED) is 0.612. The van der Waals surface area contributed by atoms with Crippen LogP contribution in [0.25, 0.3) is 16.8 Å². The Kier molecular flexibility index (Phi) is 3.96. The van der Waals surface area contributed by atoms with Crippen molar-refractivity contribution in [2.75, 3.05) is 0 Å². The van der Waals surface area contributed by atoms with E-state index < -0.39 is 11.6 Å². The molecule has 7 heteroatoms. The largest absolute Gasteiger partial charge is 0.333 e. The number of hydrogen-bond acceptors (Lipinski definition) is 2. The highest BCUT2D eigenvalue weighted by molar-refractivity contribution is 5.62. The molecule has 0 aliphatic heterocycles. The van der Waals surface area contributed by atoms with E-state index >= 15 is 0 Å². The maximum atomic E-state index is 13.8. The Morgan fingerprint density at radius 1 is 1.00 bits per heavy atom. The van der Waals surface area contributed by atoms with Crippen molar-refractivity contribution in [1.82, 2.24) is 19.3 Å². The fourth-order valence-electron chi connectivity index (χ4n) is 2.79. The second-order valence-corrected chi connectivity index (χ2v) is 5.85. The van der Waals surface area contributed by atoms with Gasteiger partial charge in [0.15, 0.2) is 0 Å². The molecule has 0 atom stereocenters. The van der Waals surface area contributed by atoms with Crippen molar-refractivity contribution in [3.05, 3.63) is 94.9 Å². The van der Waals surface area contributed by atoms with Gasteiger partial charge in [-0.2, -0.15) is 5.10 Å². The van der Waals surface area contributed by atoms with E-state index in [1.807, 2.05) is 24.3 Å². The molecule has 2 heterocycles. The van der Waals surface area contributed by atoms with Crippen LogP contribution in [0.4, 0.5) is 8.78 Å². The molecule has 4 rings (SSSR count). The van der Waals surface area contributed by atoms with Gasteiger partial charge in [0.1, 0.15) is 11.6 Å². The van der Waals surface area contributed by atoms with E-state index in [2.05, 4.69) is 10.2 Å². The van der Waals surface area contributed by atoms with Crippen molar-refractivity contribution < 1.29 is 8.78 Å². The van der Waals surface area contributed by atoms with Crippen LogP contribution in [0.1, 0.15) is 5.56 Å². The molecular weight excluding hydrogens is 338 g/mol. The molecule has 0 spiro atoms. The normalized spacial score (nSPS) is 11.0. The van der Waals surface area contributed by atoms with Crippen molar-refractivity contribution in [1.29, 1.82) is 0 Å². The van der Waals surface area contributed by atoms with Crippen LogP contribution in [0, 0.1) is 11.6 Å². The Labute approximate surface area is 147 Å². The zero-order valence-corrected chi connectivity index (χ0v) is 13.6. The van der Waals surface area contributed by atoms with Crippen molar-refractivity contribution >= 4 is 0 Å². The minimum atomic E-state index is -0.672. The van der Waals surface area contributed by atoms with Gasteiger partial charge < -0.3 is 0 Å². The average molecular weight is 352 g/mol. The number of halogens is 2. The summed E-state index contributed by atoms with van der Waals surface area (Å²) < 4.78 is 29.7. The zero-order chi connectivity index (χ0) is 18.1. The molecule has 26 heavy (non-hydrogen) atoms. The number of imidazole rings is 1. The highest BCUT2D eigenvalue weighted by atomic mass is 19.1. The summed E-state index contributed by atoms with van der Waals surface area (Å²) in [6.07, 6.45) is 6.70. The van der Waals surface area contributed by atoms with Crippen molar-refractivity contribution in [3.8, 4) is 16.8 Å². The van der Waals surface area contributed by atoms with Crippen LogP contribution in [0.2, 0.25) is 0 Å². The van der Waals surface area contributed by atoms with Gasteiger partial charge in [-0.3, -0.25) is 14.2 Å². The number of benzene rings is 2. The average Bonchev–Trinajstić information content (AvgIpc) is 3.28. The fraction of sp³-hybridized carbons (Fsp3) is 0.0526. The molecule has 130 valence electrons. The molecule has 0 radical (unpaired) electrons. The van der Waals surface area contributed by atoms with E-state index in [4.69, 9.17) is 0 Å². The van der Waals surface area contributed by atoms with Gasteiger partial charge in [-0.1, -0.05) is 18.2 Å². The van der Waals surface area contributed by atoms with E-state index in [0.717, 1.165) is 17.2 Å². The molecule has 0 aliphatic carbocycles. The molecule has 0 saturated carbocycles. The third-order valence-corrected chi connectivity index (χ3v) is 4.18. The first kappa shape index (κ1) is 16.0. The molecule has 4 aromatic rings. The van der Waals surface area contributed by atoms with Gasteiger partial charge in [-0.15, -0.1) is 0 Å². The van der Waals surface area contributed by atoms with Crippen molar-refractivity contribution in [2.24, 2.45) is 0 Å². The monoisotopic (exact) mass is 352 g/mol. The molecule has 0 saturated heterocycles. The lowest BCUT2D eigenvalue weighted by atomic mass is 10.1. The third kappa shape index (κ3) is 2.95. The molecule has 0 fully saturated rings. The standard InChI is InChI=1S/C19H14F2N4O/c20-16-4-1-14(18(21)9-16)12-24-7-8-25(19(24)26)17-5-2-13(3-6-17)15-10-22-23-11-15/h1-11H,12H2,(H,22,23). The number of nitrogens with one attached hydrogen (secondary N) is 1. The van der Waals surface area contributed by atoms with Gasteiger partial charge in [0.2, 0.25) is 0 Å². The first-order valence-corrected chi connectivity index (χ1v) is 7.93. The molecule has 2 aromatic carbocycles. The lowest BCUT2D eigenvalue weighted by Gasteiger charge is -2.05. The number of H-pyrrole nitrogens is 1. The summed E-state index contributed by atoms with van der Waals surface area (Å²) in [6.45, 7) is 0.0328. The first-order valence-electron chi connectivity index (χ1n) is 7.93. The number of nitrogens with zero attached hydrogens (tertiary/aromatic N) is 3. The van der Waals surface area contributed by atoms with Crippen molar-refractivity contribution in [3.63, 3.8) is 0 Å². The molecule has 0 unspecified atom stereocenters. The van der Waals surface area contributed by atoms with E-state index in [-0.39, 0.29) is 17.8 Å². The second kappa shape index (κ2) is 6.44. The second-order valence-electron chi connectivity index (χ2n) is 5.85. The smallest absolute Gasteiger partial charge is 0.294 e. The predicted molar refractivity (Wildman–Crippen MR) is 93.1 cm³/mol. The molecule has 2 aromatic heterocycles. The van der Waals surface area contributed by atoms with E-state index in [1.165, 1.54) is 21.3 Å². The summed E-state index contributed by atoms with van der Waals surface area (Å²) in [5, 5.41) is 6.67. The van der Waals surface area contributed by atoms with Gasteiger partial charge in [-0.25, -0.2) is 13.6 Å². The number of aromatic nitrogens is 4. The number of rotatable bonds is 4. The van der Waals surface area contributed by atoms with Crippen LogP contribution in [0.5, 0.6) is 0 Å². The Balaban J connectivity index is 1.62.